The van der Waals surface area contributed by atoms with Crippen molar-refractivity contribution in [3.05, 3.63) is 0 Å². The molecule has 4 nitrogen and oxygen atoms in total. The van der Waals surface area contributed by atoms with Crippen molar-refractivity contribution in [1.82, 2.24) is 4.90 Å². The molecule has 1 saturated carbocycles. The zero-order valence-electron chi connectivity index (χ0n) is 9.16. The summed E-state index contributed by atoms with van der Waals surface area (Å²) in [6.07, 6.45) is 1.42. The predicted octanol–water partition coefficient (Wildman–Crippen LogP) is 1.50. The van der Waals surface area contributed by atoms with Crippen molar-refractivity contribution < 1.29 is 9.90 Å². The quantitative estimate of drug-likeness (QED) is 0.725. The highest BCUT2D eigenvalue weighted by Gasteiger charge is 2.34. The Morgan fingerprint density at radius 3 is 2.36 bits per heavy atom. The highest BCUT2D eigenvalue weighted by Crippen LogP contribution is 2.32. The van der Waals surface area contributed by atoms with Gasteiger partial charge in [0.25, 0.3) is 0 Å². The topological polar surface area (TPSA) is 66.6 Å². The summed E-state index contributed by atoms with van der Waals surface area (Å²) in [6, 6.07) is 0.00493. The first-order valence-corrected chi connectivity index (χ1v) is 5.08. The van der Waals surface area contributed by atoms with Gasteiger partial charge in [-0.2, -0.15) is 0 Å². The van der Waals surface area contributed by atoms with E-state index in [-0.39, 0.29) is 11.6 Å². The van der Waals surface area contributed by atoms with E-state index in [1.807, 2.05) is 20.8 Å². The van der Waals surface area contributed by atoms with Crippen molar-refractivity contribution in [2.24, 2.45) is 11.7 Å². The maximum absolute atomic E-state index is 11.0. The van der Waals surface area contributed by atoms with Crippen LogP contribution in [0.5, 0.6) is 0 Å². The van der Waals surface area contributed by atoms with E-state index in [2.05, 4.69) is 0 Å². The number of carboxylic acid groups (broad SMARTS) is 1. The summed E-state index contributed by atoms with van der Waals surface area (Å²) in [7, 11) is 0. The van der Waals surface area contributed by atoms with Crippen molar-refractivity contribution in [2.75, 3.05) is 6.54 Å². The minimum atomic E-state index is -0.881. The molecule has 14 heavy (non-hydrogen) atoms. The highest BCUT2D eigenvalue weighted by molar-refractivity contribution is 5.66. The Morgan fingerprint density at radius 1 is 1.57 bits per heavy atom. The summed E-state index contributed by atoms with van der Waals surface area (Å²) >= 11 is 0. The van der Waals surface area contributed by atoms with Crippen molar-refractivity contribution in [3.63, 3.8) is 0 Å². The third kappa shape index (κ3) is 2.87. The Kier molecular flexibility index (Phi) is 3.04. The van der Waals surface area contributed by atoms with Crippen LogP contribution in [0.2, 0.25) is 0 Å². The summed E-state index contributed by atoms with van der Waals surface area (Å²) in [6.45, 7) is 6.12. The van der Waals surface area contributed by atoms with Crippen LogP contribution in [0.4, 0.5) is 4.79 Å². The number of hydrogen-bond acceptors (Lipinski definition) is 2. The Bertz CT molecular complexity index is 219. The fourth-order valence-electron chi connectivity index (χ4n) is 1.52. The lowest BCUT2D eigenvalue weighted by atomic mass is 10.0. The highest BCUT2D eigenvalue weighted by atomic mass is 16.4. The van der Waals surface area contributed by atoms with Crippen LogP contribution >= 0.6 is 0 Å². The standard InChI is InChI=1S/C10H20N2O2/c1-10(2,3)12(9(13)14)6-8(11)7-4-5-7/h7-8H,4-6,11H2,1-3H3,(H,13,14). The van der Waals surface area contributed by atoms with Gasteiger partial charge in [-0.05, 0) is 39.5 Å². The second-order valence-electron chi connectivity index (χ2n) is 5.07. The number of hydrogen-bond donors (Lipinski definition) is 2. The minimum absolute atomic E-state index is 0.00493. The van der Waals surface area contributed by atoms with Crippen molar-refractivity contribution in [3.8, 4) is 0 Å². The molecule has 0 heterocycles. The van der Waals surface area contributed by atoms with E-state index in [9.17, 15) is 4.79 Å². The van der Waals surface area contributed by atoms with Crippen molar-refractivity contribution in [1.29, 1.82) is 0 Å². The Labute approximate surface area is 85.1 Å². The van der Waals surface area contributed by atoms with Crippen LogP contribution in [-0.2, 0) is 0 Å². The predicted molar refractivity (Wildman–Crippen MR) is 55.2 cm³/mol. The molecule has 1 unspecified atom stereocenters. The van der Waals surface area contributed by atoms with Gasteiger partial charge in [0.1, 0.15) is 0 Å². The largest absolute Gasteiger partial charge is 0.465 e. The van der Waals surface area contributed by atoms with Crippen LogP contribution in [0.1, 0.15) is 33.6 Å². The fourth-order valence-corrected chi connectivity index (χ4v) is 1.52. The minimum Gasteiger partial charge on any atom is -0.465 e. The average Bonchev–Trinajstić information content (AvgIpc) is 2.78. The second-order valence-corrected chi connectivity index (χ2v) is 5.07. The van der Waals surface area contributed by atoms with Crippen LogP contribution in [0.15, 0.2) is 0 Å². The summed E-state index contributed by atoms with van der Waals surface area (Å²) < 4.78 is 0. The molecule has 0 bridgehead atoms. The third-order valence-electron chi connectivity index (χ3n) is 2.66. The molecule has 0 aromatic rings. The summed E-state index contributed by atoms with van der Waals surface area (Å²) in [5.41, 5.74) is 5.55. The molecule has 1 aliphatic carbocycles. The van der Waals surface area contributed by atoms with E-state index in [1.54, 1.807) is 0 Å². The number of carbonyl (C=O) groups is 1. The molecule has 82 valence electrons. The number of amides is 1. The van der Waals surface area contributed by atoms with E-state index >= 15 is 0 Å². The number of nitrogens with zero attached hydrogens (tertiary/aromatic N) is 1. The van der Waals surface area contributed by atoms with Crippen molar-refractivity contribution in [2.45, 2.75) is 45.2 Å². The number of rotatable bonds is 3. The molecule has 1 amide bonds. The Hall–Kier alpha value is -0.770. The lowest BCUT2D eigenvalue weighted by Gasteiger charge is -2.35. The van der Waals surface area contributed by atoms with Gasteiger partial charge in [0.2, 0.25) is 0 Å². The fraction of sp³-hybridized carbons (Fsp3) is 0.900. The van der Waals surface area contributed by atoms with Gasteiger partial charge in [-0.25, -0.2) is 4.79 Å². The molecule has 4 heteroatoms. The lowest BCUT2D eigenvalue weighted by molar-refractivity contribution is 0.0944. The SMILES string of the molecule is CC(C)(C)N(CC(N)C1CC1)C(=O)O. The van der Waals surface area contributed by atoms with Gasteiger partial charge in [0.05, 0.1) is 0 Å². The van der Waals surface area contributed by atoms with E-state index in [4.69, 9.17) is 10.8 Å². The first-order chi connectivity index (χ1) is 6.32. The van der Waals surface area contributed by atoms with Crippen LogP contribution in [0.25, 0.3) is 0 Å². The van der Waals surface area contributed by atoms with Gasteiger partial charge in [-0.1, -0.05) is 0 Å². The maximum Gasteiger partial charge on any atom is 0.407 e. The summed E-state index contributed by atoms with van der Waals surface area (Å²) in [4.78, 5) is 12.4. The first kappa shape index (κ1) is 11.3. The zero-order valence-corrected chi connectivity index (χ0v) is 9.16. The van der Waals surface area contributed by atoms with Crippen LogP contribution < -0.4 is 5.73 Å². The molecule has 1 fully saturated rings. The smallest absolute Gasteiger partial charge is 0.407 e. The molecule has 0 aromatic carbocycles. The summed E-state index contributed by atoms with van der Waals surface area (Å²) in [5.74, 6) is 0.541. The number of nitrogens with two attached hydrogens (primary N) is 1. The molecule has 1 aliphatic rings. The zero-order chi connectivity index (χ0) is 10.9. The van der Waals surface area contributed by atoms with Gasteiger partial charge in [-0.3, -0.25) is 0 Å². The van der Waals surface area contributed by atoms with E-state index in [0.29, 0.717) is 12.5 Å². The van der Waals surface area contributed by atoms with Gasteiger partial charge < -0.3 is 15.7 Å². The first-order valence-electron chi connectivity index (χ1n) is 5.08. The third-order valence-corrected chi connectivity index (χ3v) is 2.66. The monoisotopic (exact) mass is 200 g/mol. The van der Waals surface area contributed by atoms with Crippen LogP contribution in [0, 0.1) is 5.92 Å². The second kappa shape index (κ2) is 3.77. The molecule has 0 spiro atoms. The molecule has 0 saturated heterocycles. The lowest BCUT2D eigenvalue weighted by Crippen LogP contribution is -2.50. The Balaban J connectivity index is 2.54. The van der Waals surface area contributed by atoms with E-state index in [1.165, 1.54) is 4.90 Å². The van der Waals surface area contributed by atoms with Gasteiger partial charge in [0.15, 0.2) is 0 Å². The van der Waals surface area contributed by atoms with Gasteiger partial charge in [0, 0.05) is 18.1 Å². The van der Waals surface area contributed by atoms with Crippen LogP contribution in [0.3, 0.4) is 0 Å². The molecule has 0 aromatic heterocycles. The summed E-state index contributed by atoms with van der Waals surface area (Å²) in [5, 5.41) is 9.03. The molecular formula is C10H20N2O2. The van der Waals surface area contributed by atoms with E-state index < -0.39 is 6.09 Å². The van der Waals surface area contributed by atoms with Crippen molar-refractivity contribution >= 4 is 6.09 Å². The van der Waals surface area contributed by atoms with Gasteiger partial charge >= 0.3 is 6.09 Å². The maximum atomic E-state index is 11.0. The van der Waals surface area contributed by atoms with E-state index in [0.717, 1.165) is 12.8 Å². The van der Waals surface area contributed by atoms with Gasteiger partial charge in [-0.15, -0.1) is 0 Å². The molecule has 1 atom stereocenters. The molecular weight excluding hydrogens is 180 g/mol. The normalized spacial score (nSPS) is 19.1. The Morgan fingerprint density at radius 2 is 2.07 bits per heavy atom. The average molecular weight is 200 g/mol. The van der Waals surface area contributed by atoms with Crippen LogP contribution in [-0.4, -0.2) is 34.2 Å². The molecule has 3 N–H and O–H groups in total. The molecule has 0 aliphatic heterocycles. The molecule has 1 rings (SSSR count). The molecule has 0 radical (unpaired) electrons.